The Labute approximate surface area is 221 Å². The molecular formula is C28H28N4O5S. The summed E-state index contributed by atoms with van der Waals surface area (Å²) in [7, 11) is -4.15. The van der Waals surface area contributed by atoms with Crippen molar-refractivity contribution in [1.29, 1.82) is 0 Å². The smallest absolute Gasteiger partial charge is 0.309 e. The molecule has 0 saturated heterocycles. The predicted molar refractivity (Wildman–Crippen MR) is 145 cm³/mol. The lowest BCUT2D eigenvalue weighted by Crippen LogP contribution is -2.49. The minimum absolute atomic E-state index is 0.0113. The van der Waals surface area contributed by atoms with Crippen molar-refractivity contribution < 1.29 is 22.7 Å². The molecule has 3 N–H and O–H groups in total. The monoisotopic (exact) mass is 532 g/mol. The maximum absolute atomic E-state index is 13.4. The number of carbonyl (C=O) groups is 2. The summed E-state index contributed by atoms with van der Waals surface area (Å²) in [6.07, 6.45) is 0.000649. The average molecular weight is 533 g/mol. The summed E-state index contributed by atoms with van der Waals surface area (Å²) in [6, 6.07) is 24.6. The Hall–Kier alpha value is -4.28. The SMILES string of the molecule is CCOC(=O)C[C@@H](NC(=O)c1ccc2ccccc2c1)NS(=O)(=O)c1ccccc1CNc1ccccn1. The highest BCUT2D eigenvalue weighted by Gasteiger charge is 2.26. The first kappa shape index (κ1) is 26.8. The van der Waals surface area contributed by atoms with Crippen LogP contribution in [0.4, 0.5) is 5.82 Å². The molecule has 9 nitrogen and oxygen atoms in total. The van der Waals surface area contributed by atoms with E-state index in [1.165, 1.54) is 6.07 Å². The van der Waals surface area contributed by atoms with Gasteiger partial charge in [-0.15, -0.1) is 0 Å². The third-order valence-electron chi connectivity index (χ3n) is 5.68. The molecule has 0 spiro atoms. The largest absolute Gasteiger partial charge is 0.466 e. The summed E-state index contributed by atoms with van der Waals surface area (Å²) in [4.78, 5) is 29.5. The first-order valence-corrected chi connectivity index (χ1v) is 13.5. The van der Waals surface area contributed by atoms with E-state index in [9.17, 15) is 18.0 Å². The van der Waals surface area contributed by atoms with Gasteiger partial charge in [0.1, 0.15) is 12.0 Å². The van der Waals surface area contributed by atoms with Crippen molar-refractivity contribution in [2.75, 3.05) is 11.9 Å². The number of fused-ring (bicyclic) bond motifs is 1. The molecule has 0 aliphatic carbocycles. The Morgan fingerprint density at radius 3 is 2.42 bits per heavy atom. The maximum atomic E-state index is 13.4. The third-order valence-corrected chi connectivity index (χ3v) is 7.25. The molecule has 1 amide bonds. The number of benzene rings is 3. The van der Waals surface area contributed by atoms with Crippen LogP contribution in [0.5, 0.6) is 0 Å². The van der Waals surface area contributed by atoms with Crippen LogP contribution in [0.25, 0.3) is 10.8 Å². The van der Waals surface area contributed by atoms with Crippen molar-refractivity contribution >= 4 is 38.5 Å². The average Bonchev–Trinajstić information content (AvgIpc) is 2.92. The topological polar surface area (TPSA) is 126 Å². The molecule has 0 radical (unpaired) electrons. The summed E-state index contributed by atoms with van der Waals surface area (Å²) in [6.45, 7) is 1.97. The van der Waals surface area contributed by atoms with Gasteiger partial charge < -0.3 is 15.4 Å². The van der Waals surface area contributed by atoms with Crippen molar-refractivity contribution in [3.8, 4) is 0 Å². The molecule has 0 saturated carbocycles. The molecule has 38 heavy (non-hydrogen) atoms. The number of rotatable bonds is 11. The van der Waals surface area contributed by atoms with Gasteiger partial charge in [-0.05, 0) is 53.6 Å². The van der Waals surface area contributed by atoms with Crippen LogP contribution in [0.2, 0.25) is 0 Å². The standard InChI is InChI=1S/C28H28N4O5S/c1-2-37-27(33)18-26(31-28(34)22-15-14-20-9-3-4-10-21(20)17-22)32-38(35,36)24-12-6-5-11-23(24)19-30-25-13-7-8-16-29-25/h3-17,26,32H,2,18-19H2,1H3,(H,29,30)(H,31,34)/t26-/m0/s1. The number of esters is 1. The third kappa shape index (κ3) is 6.93. The highest BCUT2D eigenvalue weighted by molar-refractivity contribution is 7.89. The van der Waals surface area contributed by atoms with E-state index in [0.29, 0.717) is 16.9 Å². The summed E-state index contributed by atoms with van der Waals surface area (Å²) in [5, 5.41) is 7.55. The normalized spacial score (nSPS) is 12.0. The number of nitrogens with one attached hydrogen (secondary N) is 3. The lowest BCUT2D eigenvalue weighted by molar-refractivity contribution is -0.143. The van der Waals surface area contributed by atoms with Crippen LogP contribution < -0.4 is 15.4 Å². The summed E-state index contributed by atoms with van der Waals surface area (Å²) < 4.78 is 34.4. The van der Waals surface area contributed by atoms with Crippen molar-refractivity contribution in [2.45, 2.75) is 31.0 Å². The van der Waals surface area contributed by atoms with Crippen LogP contribution in [0.15, 0.2) is 96.0 Å². The van der Waals surface area contributed by atoms with Crippen LogP contribution >= 0.6 is 0 Å². The van der Waals surface area contributed by atoms with Crippen molar-refractivity contribution in [2.24, 2.45) is 0 Å². The quantitative estimate of drug-likeness (QED) is 0.198. The van der Waals surface area contributed by atoms with Gasteiger partial charge in [-0.25, -0.2) is 13.4 Å². The van der Waals surface area contributed by atoms with E-state index in [4.69, 9.17) is 4.74 Å². The fraction of sp³-hybridized carbons (Fsp3) is 0.179. The Kier molecular flexibility index (Phi) is 8.67. The summed E-state index contributed by atoms with van der Waals surface area (Å²) >= 11 is 0. The van der Waals surface area contributed by atoms with E-state index in [0.717, 1.165) is 10.8 Å². The van der Waals surface area contributed by atoms with Gasteiger partial charge in [0.05, 0.1) is 17.9 Å². The van der Waals surface area contributed by atoms with Gasteiger partial charge in [0.15, 0.2) is 0 Å². The summed E-state index contributed by atoms with van der Waals surface area (Å²) in [5.74, 6) is -0.586. The zero-order valence-electron chi connectivity index (χ0n) is 20.8. The molecule has 196 valence electrons. The van der Waals surface area contributed by atoms with Gasteiger partial charge in [-0.1, -0.05) is 54.6 Å². The first-order valence-electron chi connectivity index (χ1n) is 12.1. The molecule has 1 aromatic heterocycles. The number of nitrogens with zero attached hydrogens (tertiary/aromatic N) is 1. The number of pyridine rings is 1. The lowest BCUT2D eigenvalue weighted by Gasteiger charge is -2.21. The Balaban J connectivity index is 1.55. The van der Waals surface area contributed by atoms with E-state index >= 15 is 0 Å². The highest BCUT2D eigenvalue weighted by atomic mass is 32.2. The second-order valence-corrected chi connectivity index (χ2v) is 10.1. The van der Waals surface area contributed by atoms with Gasteiger partial charge in [0.25, 0.3) is 5.91 Å². The van der Waals surface area contributed by atoms with Crippen molar-refractivity contribution in [3.63, 3.8) is 0 Å². The number of ether oxygens (including phenoxy) is 1. The van der Waals surface area contributed by atoms with E-state index in [-0.39, 0.29) is 24.5 Å². The molecule has 0 unspecified atom stereocenters. The molecule has 0 bridgehead atoms. The van der Waals surface area contributed by atoms with E-state index in [1.807, 2.05) is 30.3 Å². The number of amides is 1. The van der Waals surface area contributed by atoms with Crippen LogP contribution in [0, 0.1) is 0 Å². The molecular weight excluding hydrogens is 504 g/mol. The van der Waals surface area contributed by atoms with Crippen LogP contribution in [-0.2, 0) is 26.1 Å². The molecule has 10 heteroatoms. The Morgan fingerprint density at radius 1 is 0.921 bits per heavy atom. The first-order chi connectivity index (χ1) is 18.4. The number of anilines is 1. The van der Waals surface area contributed by atoms with Gasteiger partial charge in [-0.2, -0.15) is 4.72 Å². The Bertz CT molecular complexity index is 1530. The van der Waals surface area contributed by atoms with Crippen molar-refractivity contribution in [1.82, 2.24) is 15.0 Å². The molecule has 4 rings (SSSR count). The summed E-state index contributed by atoms with van der Waals surface area (Å²) in [5.41, 5.74) is 0.818. The number of sulfonamides is 1. The van der Waals surface area contributed by atoms with Crippen LogP contribution in [-0.4, -0.2) is 38.1 Å². The second kappa shape index (κ2) is 12.3. The van der Waals surface area contributed by atoms with Gasteiger partial charge >= 0.3 is 5.97 Å². The van der Waals surface area contributed by atoms with Gasteiger partial charge in [0, 0.05) is 18.3 Å². The number of hydrogen-bond donors (Lipinski definition) is 3. The number of hydrogen-bond acceptors (Lipinski definition) is 7. The molecule has 0 aliphatic rings. The molecule has 1 atom stereocenters. The fourth-order valence-corrected chi connectivity index (χ4v) is 5.28. The predicted octanol–water partition coefficient (Wildman–Crippen LogP) is 3.83. The Morgan fingerprint density at radius 2 is 1.66 bits per heavy atom. The number of aromatic nitrogens is 1. The lowest BCUT2D eigenvalue weighted by atomic mass is 10.1. The second-order valence-electron chi connectivity index (χ2n) is 8.39. The van der Waals surface area contributed by atoms with E-state index < -0.39 is 28.1 Å². The minimum atomic E-state index is -4.15. The van der Waals surface area contributed by atoms with Gasteiger partial charge in [0.2, 0.25) is 10.0 Å². The fourth-order valence-electron chi connectivity index (χ4n) is 3.90. The highest BCUT2D eigenvalue weighted by Crippen LogP contribution is 2.19. The van der Waals surface area contributed by atoms with Crippen LogP contribution in [0.3, 0.4) is 0 Å². The number of carbonyl (C=O) groups excluding carboxylic acids is 2. The van der Waals surface area contributed by atoms with E-state index in [2.05, 4.69) is 20.3 Å². The zero-order valence-corrected chi connectivity index (χ0v) is 21.6. The molecule has 3 aromatic carbocycles. The van der Waals surface area contributed by atoms with Gasteiger partial charge in [-0.3, -0.25) is 9.59 Å². The maximum Gasteiger partial charge on any atom is 0.309 e. The van der Waals surface area contributed by atoms with E-state index in [1.54, 1.807) is 61.7 Å². The minimum Gasteiger partial charge on any atom is -0.466 e. The van der Waals surface area contributed by atoms with Crippen LogP contribution in [0.1, 0.15) is 29.3 Å². The molecule has 4 aromatic rings. The molecule has 0 fully saturated rings. The van der Waals surface area contributed by atoms with Crippen molar-refractivity contribution in [3.05, 3.63) is 102 Å². The zero-order chi connectivity index (χ0) is 27.0. The molecule has 0 aliphatic heterocycles. The molecule has 1 heterocycles.